The van der Waals surface area contributed by atoms with Crippen molar-refractivity contribution in [3.63, 3.8) is 0 Å². The number of nitrogens with zero attached hydrogens (tertiary/aromatic N) is 1. The number of halogens is 3. The van der Waals surface area contributed by atoms with E-state index in [0.717, 1.165) is 42.8 Å². The molecule has 0 bridgehead atoms. The minimum atomic E-state index is -4.84. The summed E-state index contributed by atoms with van der Waals surface area (Å²) < 4.78 is 65.8. The second kappa shape index (κ2) is 10.00. The van der Waals surface area contributed by atoms with E-state index in [2.05, 4.69) is 38.6 Å². The summed E-state index contributed by atoms with van der Waals surface area (Å²) in [6, 6.07) is 19.7. The monoisotopic (exact) mass is 531 g/mol. The highest BCUT2D eigenvalue weighted by Crippen LogP contribution is 2.41. The van der Waals surface area contributed by atoms with Gasteiger partial charge in [0.05, 0.1) is 17.0 Å². The third-order valence-corrected chi connectivity index (χ3v) is 8.60. The van der Waals surface area contributed by atoms with E-state index >= 15 is 0 Å². The van der Waals surface area contributed by atoms with E-state index in [9.17, 15) is 22.5 Å². The van der Waals surface area contributed by atoms with Gasteiger partial charge in [0.1, 0.15) is 15.7 Å². The molecule has 1 unspecified atom stereocenters. The van der Waals surface area contributed by atoms with Crippen molar-refractivity contribution in [2.75, 3.05) is 4.90 Å². The summed E-state index contributed by atoms with van der Waals surface area (Å²) in [6.07, 6.45) is -2.05. The van der Waals surface area contributed by atoms with Crippen molar-refractivity contribution < 1.29 is 27.2 Å². The number of hydrogen-bond donors (Lipinski definition) is 3. The summed E-state index contributed by atoms with van der Waals surface area (Å²) in [4.78, 5) is 2.20. The molecule has 0 saturated heterocycles. The number of alkyl halides is 3. The van der Waals surface area contributed by atoms with Gasteiger partial charge in [0.25, 0.3) is 0 Å². The van der Waals surface area contributed by atoms with Crippen LogP contribution in [0.2, 0.25) is 0 Å². The van der Waals surface area contributed by atoms with E-state index < -0.39 is 34.2 Å². The highest BCUT2D eigenvalue weighted by atomic mass is 32.2. The lowest BCUT2D eigenvalue weighted by Crippen LogP contribution is -2.55. The van der Waals surface area contributed by atoms with Gasteiger partial charge in [-0.25, -0.2) is 13.7 Å². The molecule has 0 aromatic heterocycles. The summed E-state index contributed by atoms with van der Waals surface area (Å²) in [6.45, 7) is 0. The van der Waals surface area contributed by atoms with Crippen LogP contribution in [0.25, 0.3) is 0 Å². The van der Waals surface area contributed by atoms with E-state index in [1.165, 1.54) is 23.3 Å². The molecule has 1 aliphatic carbocycles. The quantitative estimate of drug-likeness (QED) is 0.394. The molecule has 2 aliphatic rings. The van der Waals surface area contributed by atoms with Crippen LogP contribution in [0.15, 0.2) is 77.7 Å². The Morgan fingerprint density at radius 3 is 2.05 bits per heavy atom. The Morgan fingerprint density at radius 2 is 1.49 bits per heavy atom. The fourth-order valence-corrected chi connectivity index (χ4v) is 6.69. The lowest BCUT2D eigenvalue weighted by atomic mass is 9.86. The minimum absolute atomic E-state index is 0.0156. The third kappa shape index (κ3) is 5.46. The van der Waals surface area contributed by atoms with Crippen LogP contribution in [0, 0.1) is 4.78 Å². The highest BCUT2D eigenvalue weighted by Gasteiger charge is 2.39. The number of nitrogens with one attached hydrogen (secondary N) is 2. The van der Waals surface area contributed by atoms with Gasteiger partial charge in [-0.1, -0.05) is 36.4 Å². The number of fused-ring (bicyclic) bond motifs is 2. The molecule has 3 N–H and O–H groups in total. The van der Waals surface area contributed by atoms with Crippen LogP contribution in [0.3, 0.4) is 0 Å². The van der Waals surface area contributed by atoms with Gasteiger partial charge in [0, 0.05) is 17.4 Å². The van der Waals surface area contributed by atoms with Crippen LogP contribution in [0.5, 0.6) is 5.75 Å². The van der Waals surface area contributed by atoms with Crippen molar-refractivity contribution in [2.45, 2.75) is 61.5 Å². The Hall–Kier alpha value is -3.08. The van der Waals surface area contributed by atoms with Crippen molar-refractivity contribution in [1.82, 2.24) is 4.72 Å². The number of benzene rings is 3. The normalized spacial score (nSPS) is 23.4. The lowest BCUT2D eigenvalue weighted by Gasteiger charge is -2.43. The summed E-state index contributed by atoms with van der Waals surface area (Å²) in [5.41, 5.74) is 4.44. The van der Waals surface area contributed by atoms with Crippen molar-refractivity contribution in [2.24, 2.45) is 0 Å². The smallest absolute Gasteiger partial charge is 0.406 e. The standard InChI is InChI=1S/C27H28F3N3O3S/c28-27(29,30)36-20-14-16-21(17-15-20)37(31,35)32-22-8-5-11-25(26(22)34)33-23-9-3-1-6-18(23)12-13-19-7-2-4-10-24(19)33/h1-4,6-7,9-10,14-17,22,25-26,34H,5,8,11-13H2,(H2,31,32,35)/t22-,25+,26+,37?/m0/s1. The van der Waals surface area contributed by atoms with Gasteiger partial charge in [0.15, 0.2) is 0 Å². The minimum Gasteiger partial charge on any atom is -0.406 e. The number of aliphatic hydroxyl groups excluding tert-OH is 1. The molecule has 5 rings (SSSR count). The topological polar surface area (TPSA) is 85.7 Å². The van der Waals surface area contributed by atoms with Gasteiger partial charge < -0.3 is 14.7 Å². The molecule has 0 radical (unpaired) electrons. The predicted octanol–water partition coefficient (Wildman–Crippen LogP) is 5.71. The molecule has 1 saturated carbocycles. The lowest BCUT2D eigenvalue weighted by molar-refractivity contribution is -0.274. The molecule has 1 heterocycles. The van der Waals surface area contributed by atoms with E-state index in [1.54, 1.807) is 0 Å². The summed E-state index contributed by atoms with van der Waals surface area (Å²) in [5, 5.41) is 11.5. The molecule has 0 spiro atoms. The van der Waals surface area contributed by atoms with Gasteiger partial charge in [-0.3, -0.25) is 0 Å². The highest BCUT2D eigenvalue weighted by molar-refractivity contribution is 7.90. The molecule has 196 valence electrons. The number of aryl methyl sites for hydroxylation is 2. The molecule has 3 aromatic carbocycles. The first-order chi connectivity index (χ1) is 17.6. The fraction of sp³-hybridized carbons (Fsp3) is 0.333. The summed E-state index contributed by atoms with van der Waals surface area (Å²) >= 11 is 0. The maximum atomic E-state index is 13.3. The average Bonchev–Trinajstić information content (AvgIpc) is 3.02. The van der Waals surface area contributed by atoms with Crippen molar-refractivity contribution in [3.05, 3.63) is 83.9 Å². The predicted molar refractivity (Wildman–Crippen MR) is 135 cm³/mol. The van der Waals surface area contributed by atoms with Crippen molar-refractivity contribution in [1.29, 1.82) is 4.78 Å². The Kier molecular flexibility index (Phi) is 6.91. The van der Waals surface area contributed by atoms with Crippen LogP contribution in [-0.4, -0.2) is 33.9 Å². The molecule has 1 fully saturated rings. The molecule has 1 aliphatic heterocycles. The number of hydrogen-bond acceptors (Lipinski definition) is 5. The zero-order chi connectivity index (χ0) is 26.2. The second-order valence-corrected chi connectivity index (χ2v) is 11.2. The number of aliphatic hydroxyl groups is 1. The maximum absolute atomic E-state index is 13.3. The first kappa shape index (κ1) is 25.6. The zero-order valence-electron chi connectivity index (χ0n) is 19.9. The van der Waals surface area contributed by atoms with E-state index in [4.69, 9.17) is 4.78 Å². The molecular weight excluding hydrogens is 503 g/mol. The summed E-state index contributed by atoms with van der Waals surface area (Å²) in [5.74, 6) is -0.456. The van der Waals surface area contributed by atoms with Crippen LogP contribution in [-0.2, 0) is 22.8 Å². The second-order valence-electron chi connectivity index (χ2n) is 9.42. The number of anilines is 2. The number of rotatable bonds is 5. The molecule has 4 atom stereocenters. The number of para-hydroxylation sites is 2. The van der Waals surface area contributed by atoms with Crippen molar-refractivity contribution >= 4 is 21.3 Å². The Labute approximate surface area is 214 Å². The Morgan fingerprint density at radius 1 is 0.919 bits per heavy atom. The largest absolute Gasteiger partial charge is 0.573 e. The van der Waals surface area contributed by atoms with Gasteiger partial charge in [-0.2, -0.15) is 0 Å². The Bertz CT molecular complexity index is 1320. The molecule has 10 heteroatoms. The van der Waals surface area contributed by atoms with E-state index in [0.29, 0.717) is 12.8 Å². The van der Waals surface area contributed by atoms with E-state index in [-0.39, 0.29) is 10.9 Å². The Balaban J connectivity index is 1.41. The molecule has 6 nitrogen and oxygen atoms in total. The average molecular weight is 532 g/mol. The molecule has 3 aromatic rings. The molecule has 37 heavy (non-hydrogen) atoms. The van der Waals surface area contributed by atoms with Gasteiger partial charge in [-0.05, 0) is 79.6 Å². The third-order valence-electron chi connectivity index (χ3n) is 7.03. The first-order valence-corrected chi connectivity index (χ1v) is 13.7. The van der Waals surface area contributed by atoms with Crippen LogP contribution in [0.1, 0.15) is 30.4 Å². The zero-order valence-corrected chi connectivity index (χ0v) is 20.8. The maximum Gasteiger partial charge on any atom is 0.573 e. The van der Waals surface area contributed by atoms with Crippen LogP contribution in [0.4, 0.5) is 24.5 Å². The van der Waals surface area contributed by atoms with E-state index in [1.807, 2.05) is 24.3 Å². The van der Waals surface area contributed by atoms with Crippen molar-refractivity contribution in [3.8, 4) is 5.75 Å². The SMILES string of the molecule is N=S(=O)(N[C@H]1CCC[C@@H](N2c3ccccc3CCc3ccccc32)[C@@H]1O)c1ccc(OC(F)(F)F)cc1. The van der Waals surface area contributed by atoms with Crippen LogP contribution >= 0.6 is 0 Å². The van der Waals surface area contributed by atoms with Gasteiger partial charge in [0.2, 0.25) is 0 Å². The van der Waals surface area contributed by atoms with Crippen LogP contribution < -0.4 is 14.4 Å². The molecule has 0 amide bonds. The summed E-state index contributed by atoms with van der Waals surface area (Å²) in [7, 11) is -3.60. The molecular formula is C27H28F3N3O3S. The first-order valence-electron chi connectivity index (χ1n) is 12.2. The fourth-order valence-electron chi connectivity index (χ4n) is 5.35. The van der Waals surface area contributed by atoms with Gasteiger partial charge >= 0.3 is 6.36 Å². The van der Waals surface area contributed by atoms with Gasteiger partial charge in [-0.15, -0.1) is 13.2 Å². The number of ether oxygens (including phenoxy) is 1.